The van der Waals surface area contributed by atoms with Gasteiger partial charge in [-0.15, -0.1) is 0 Å². The minimum absolute atomic E-state index is 0.0151. The molecule has 5 nitrogen and oxygen atoms in total. The summed E-state index contributed by atoms with van der Waals surface area (Å²) in [5, 5.41) is 12.3. The number of carbonyl (C=O) groups is 1. The van der Waals surface area contributed by atoms with Crippen LogP contribution in [0.4, 0.5) is 10.5 Å². The molecular formula is C17H27N3O2. The Morgan fingerprint density at radius 2 is 2.23 bits per heavy atom. The molecule has 1 aliphatic rings. The predicted molar refractivity (Wildman–Crippen MR) is 89.3 cm³/mol. The van der Waals surface area contributed by atoms with E-state index in [2.05, 4.69) is 36.2 Å². The number of aryl methyl sites for hydroxylation is 1. The number of urea groups is 1. The first-order valence-electron chi connectivity index (χ1n) is 8.13. The molecule has 0 saturated carbocycles. The zero-order valence-electron chi connectivity index (χ0n) is 13.6. The van der Waals surface area contributed by atoms with Crippen LogP contribution < -0.4 is 10.2 Å². The number of aliphatic hydroxyl groups excluding tert-OH is 1. The van der Waals surface area contributed by atoms with Gasteiger partial charge in [-0.25, -0.2) is 4.79 Å². The number of para-hydroxylation sites is 1. The van der Waals surface area contributed by atoms with Gasteiger partial charge in [0, 0.05) is 31.9 Å². The number of likely N-dealkylation sites (tertiary alicyclic amines) is 1. The third-order valence-electron chi connectivity index (χ3n) is 4.34. The van der Waals surface area contributed by atoms with Crippen molar-refractivity contribution < 1.29 is 9.90 Å². The molecule has 0 radical (unpaired) electrons. The topological polar surface area (TPSA) is 55.8 Å². The second-order valence-electron chi connectivity index (χ2n) is 5.77. The van der Waals surface area contributed by atoms with Gasteiger partial charge in [0.15, 0.2) is 0 Å². The molecule has 0 aromatic heterocycles. The molecule has 1 aromatic rings. The lowest BCUT2D eigenvalue weighted by Crippen LogP contribution is -2.46. The van der Waals surface area contributed by atoms with Gasteiger partial charge in [0.05, 0.1) is 12.6 Å². The number of rotatable bonds is 6. The molecule has 1 atom stereocenters. The highest BCUT2D eigenvalue weighted by atomic mass is 16.3. The van der Waals surface area contributed by atoms with E-state index < -0.39 is 0 Å². The monoisotopic (exact) mass is 305 g/mol. The van der Waals surface area contributed by atoms with Crippen LogP contribution in [0.3, 0.4) is 0 Å². The molecule has 1 aromatic carbocycles. The number of anilines is 1. The van der Waals surface area contributed by atoms with E-state index in [1.165, 1.54) is 11.3 Å². The number of hydrogen-bond donors (Lipinski definition) is 2. The Balaban J connectivity index is 1.84. The Morgan fingerprint density at radius 3 is 2.91 bits per heavy atom. The fourth-order valence-electron chi connectivity index (χ4n) is 3.06. The second-order valence-corrected chi connectivity index (χ2v) is 5.77. The molecule has 0 aliphatic carbocycles. The normalized spacial score (nSPS) is 17.6. The summed E-state index contributed by atoms with van der Waals surface area (Å²) in [7, 11) is 0. The Bertz CT molecular complexity index is 493. The van der Waals surface area contributed by atoms with Crippen molar-refractivity contribution in [3.05, 3.63) is 29.8 Å². The van der Waals surface area contributed by atoms with Crippen molar-refractivity contribution in [3.63, 3.8) is 0 Å². The molecule has 0 spiro atoms. The number of likely N-dealkylation sites (N-methyl/N-ethyl adjacent to an activating group) is 1. The fourth-order valence-corrected chi connectivity index (χ4v) is 3.06. The van der Waals surface area contributed by atoms with Crippen molar-refractivity contribution in [3.8, 4) is 0 Å². The fraction of sp³-hybridized carbons (Fsp3) is 0.588. The standard InChI is InChI=1S/C17H27N3O2/c1-3-19(16-9-5-4-7-14(16)2)12-10-18-17(22)20-11-6-8-15(20)13-21/h4-5,7,9,15,21H,3,6,8,10-13H2,1-2H3,(H,18,22)/t15-/m0/s1. The largest absolute Gasteiger partial charge is 0.394 e. The molecular weight excluding hydrogens is 278 g/mol. The SMILES string of the molecule is CCN(CCNC(=O)N1CCC[C@H]1CO)c1ccccc1C. The number of benzene rings is 1. The summed E-state index contributed by atoms with van der Waals surface area (Å²) in [4.78, 5) is 16.2. The average molecular weight is 305 g/mol. The minimum Gasteiger partial charge on any atom is -0.394 e. The summed E-state index contributed by atoms with van der Waals surface area (Å²) in [6, 6.07) is 8.22. The zero-order chi connectivity index (χ0) is 15.9. The molecule has 1 aliphatic heterocycles. The summed E-state index contributed by atoms with van der Waals surface area (Å²) >= 11 is 0. The van der Waals surface area contributed by atoms with Gasteiger partial charge in [-0.1, -0.05) is 18.2 Å². The van der Waals surface area contributed by atoms with Crippen LogP contribution in [-0.4, -0.2) is 54.9 Å². The van der Waals surface area contributed by atoms with Gasteiger partial charge < -0.3 is 20.2 Å². The molecule has 1 saturated heterocycles. The van der Waals surface area contributed by atoms with Crippen LogP contribution >= 0.6 is 0 Å². The highest BCUT2D eigenvalue weighted by Gasteiger charge is 2.27. The van der Waals surface area contributed by atoms with E-state index in [4.69, 9.17) is 0 Å². The van der Waals surface area contributed by atoms with E-state index in [1.807, 2.05) is 12.1 Å². The van der Waals surface area contributed by atoms with Crippen molar-refractivity contribution in [2.24, 2.45) is 0 Å². The Kier molecular flexibility index (Phi) is 6.07. The number of nitrogens with one attached hydrogen (secondary N) is 1. The van der Waals surface area contributed by atoms with Gasteiger partial charge in [-0.05, 0) is 38.3 Å². The van der Waals surface area contributed by atoms with Crippen LogP contribution in [0.5, 0.6) is 0 Å². The van der Waals surface area contributed by atoms with Gasteiger partial charge in [-0.3, -0.25) is 0 Å². The average Bonchev–Trinajstić information content (AvgIpc) is 3.01. The molecule has 0 unspecified atom stereocenters. The van der Waals surface area contributed by atoms with Gasteiger partial charge >= 0.3 is 6.03 Å². The van der Waals surface area contributed by atoms with E-state index in [1.54, 1.807) is 4.90 Å². The molecule has 0 bridgehead atoms. The molecule has 2 amide bonds. The van der Waals surface area contributed by atoms with E-state index in [9.17, 15) is 9.90 Å². The van der Waals surface area contributed by atoms with E-state index in [-0.39, 0.29) is 18.7 Å². The lowest BCUT2D eigenvalue weighted by Gasteiger charge is -2.27. The van der Waals surface area contributed by atoms with Crippen molar-refractivity contribution in [2.45, 2.75) is 32.7 Å². The van der Waals surface area contributed by atoms with Crippen LogP contribution in [-0.2, 0) is 0 Å². The van der Waals surface area contributed by atoms with E-state index in [0.29, 0.717) is 6.54 Å². The molecule has 122 valence electrons. The zero-order valence-corrected chi connectivity index (χ0v) is 13.6. The lowest BCUT2D eigenvalue weighted by molar-refractivity contribution is 0.157. The van der Waals surface area contributed by atoms with Crippen LogP contribution in [0, 0.1) is 6.92 Å². The van der Waals surface area contributed by atoms with Crippen LogP contribution in [0.2, 0.25) is 0 Å². The number of nitrogens with zero attached hydrogens (tertiary/aromatic N) is 2. The van der Waals surface area contributed by atoms with Crippen molar-refractivity contribution in [2.75, 3.05) is 37.7 Å². The molecule has 5 heteroatoms. The summed E-state index contributed by atoms with van der Waals surface area (Å²) < 4.78 is 0. The first-order chi connectivity index (χ1) is 10.7. The lowest BCUT2D eigenvalue weighted by atomic mass is 10.2. The summed E-state index contributed by atoms with van der Waals surface area (Å²) in [6.45, 7) is 7.32. The number of carbonyl (C=O) groups excluding carboxylic acids is 1. The second kappa shape index (κ2) is 8.03. The minimum atomic E-state index is -0.0580. The Labute approximate surface area is 132 Å². The number of amides is 2. The molecule has 1 heterocycles. The molecule has 22 heavy (non-hydrogen) atoms. The number of hydrogen-bond acceptors (Lipinski definition) is 3. The Hall–Kier alpha value is -1.75. The van der Waals surface area contributed by atoms with Crippen LogP contribution in [0.1, 0.15) is 25.3 Å². The van der Waals surface area contributed by atoms with E-state index >= 15 is 0 Å². The van der Waals surface area contributed by atoms with Gasteiger partial charge in [0.25, 0.3) is 0 Å². The van der Waals surface area contributed by atoms with Gasteiger partial charge in [0.2, 0.25) is 0 Å². The van der Waals surface area contributed by atoms with Crippen molar-refractivity contribution >= 4 is 11.7 Å². The predicted octanol–water partition coefficient (Wildman–Crippen LogP) is 1.99. The molecule has 1 fully saturated rings. The third kappa shape index (κ3) is 3.91. The first kappa shape index (κ1) is 16.6. The van der Waals surface area contributed by atoms with Gasteiger partial charge in [-0.2, -0.15) is 0 Å². The summed E-state index contributed by atoms with van der Waals surface area (Å²) in [6.07, 6.45) is 1.87. The Morgan fingerprint density at radius 1 is 1.45 bits per heavy atom. The van der Waals surface area contributed by atoms with Gasteiger partial charge in [0.1, 0.15) is 0 Å². The third-order valence-corrected chi connectivity index (χ3v) is 4.34. The van der Waals surface area contributed by atoms with Crippen molar-refractivity contribution in [1.82, 2.24) is 10.2 Å². The quantitative estimate of drug-likeness (QED) is 0.845. The molecule has 2 N–H and O–H groups in total. The summed E-state index contributed by atoms with van der Waals surface area (Å²) in [5.74, 6) is 0. The van der Waals surface area contributed by atoms with Crippen molar-refractivity contribution in [1.29, 1.82) is 0 Å². The number of aliphatic hydroxyl groups is 1. The van der Waals surface area contributed by atoms with Crippen LogP contribution in [0.25, 0.3) is 0 Å². The first-order valence-corrected chi connectivity index (χ1v) is 8.13. The maximum Gasteiger partial charge on any atom is 0.317 e. The highest BCUT2D eigenvalue weighted by Crippen LogP contribution is 2.19. The summed E-state index contributed by atoms with van der Waals surface area (Å²) in [5.41, 5.74) is 2.46. The maximum atomic E-state index is 12.2. The smallest absolute Gasteiger partial charge is 0.317 e. The maximum absolute atomic E-state index is 12.2. The van der Waals surface area contributed by atoms with E-state index in [0.717, 1.165) is 32.5 Å². The highest BCUT2D eigenvalue weighted by molar-refractivity contribution is 5.75. The molecule has 2 rings (SSSR count). The van der Waals surface area contributed by atoms with Crippen LogP contribution in [0.15, 0.2) is 24.3 Å².